The molecule has 0 heterocycles. The average molecular weight is 488 g/mol. The van der Waals surface area contributed by atoms with Gasteiger partial charge in [0.05, 0.1) is 20.8 Å². The molecule has 0 fully saturated rings. The maximum Gasteiger partial charge on any atom is 0.193 e. The summed E-state index contributed by atoms with van der Waals surface area (Å²) in [6.45, 7) is 0.837. The fourth-order valence-electron chi connectivity index (χ4n) is 2.44. The van der Waals surface area contributed by atoms with Crippen molar-refractivity contribution in [2.75, 3.05) is 33.6 Å². The number of nitrogens with zero attached hydrogens (tertiary/aromatic N) is 2. The first-order chi connectivity index (χ1) is 12.4. The number of ether oxygens (including phenoxy) is 2. The Kier molecular flexibility index (Phi) is 9.30. The molecule has 0 amide bonds. The summed E-state index contributed by atoms with van der Waals surface area (Å²) in [4.78, 5) is 6.17. The molecule has 0 atom stereocenters. The summed E-state index contributed by atoms with van der Waals surface area (Å²) in [7, 11) is 6.94. The Balaban J connectivity index is 0.00000364. The van der Waals surface area contributed by atoms with Crippen LogP contribution in [0.25, 0.3) is 0 Å². The van der Waals surface area contributed by atoms with E-state index in [1.165, 1.54) is 6.07 Å². The van der Waals surface area contributed by atoms with Crippen molar-refractivity contribution < 1.29 is 13.9 Å². The topological polar surface area (TPSA) is 72.1 Å². The van der Waals surface area contributed by atoms with Gasteiger partial charge in [0.15, 0.2) is 17.5 Å². The highest BCUT2D eigenvalue weighted by Crippen LogP contribution is 2.29. The lowest BCUT2D eigenvalue weighted by Crippen LogP contribution is -2.22. The van der Waals surface area contributed by atoms with Crippen LogP contribution in [-0.4, -0.2) is 39.2 Å². The minimum atomic E-state index is -0.238. The number of halogens is 2. The van der Waals surface area contributed by atoms with Gasteiger partial charge in [0, 0.05) is 23.9 Å². The Morgan fingerprint density at radius 3 is 2.41 bits per heavy atom. The monoisotopic (exact) mass is 488 g/mol. The summed E-state index contributed by atoms with van der Waals surface area (Å²) in [5.74, 6) is 1.21. The van der Waals surface area contributed by atoms with Crippen LogP contribution in [0.2, 0.25) is 0 Å². The van der Waals surface area contributed by atoms with Gasteiger partial charge < -0.3 is 25.4 Å². The molecule has 0 unspecified atom stereocenters. The predicted molar refractivity (Wildman–Crippen MR) is 118 cm³/mol. The van der Waals surface area contributed by atoms with E-state index < -0.39 is 0 Å². The largest absolute Gasteiger partial charge is 0.493 e. The van der Waals surface area contributed by atoms with Crippen LogP contribution in [0.1, 0.15) is 11.1 Å². The van der Waals surface area contributed by atoms with Crippen molar-refractivity contribution in [2.24, 2.45) is 10.7 Å². The van der Waals surface area contributed by atoms with Crippen LogP contribution in [0.4, 0.5) is 10.1 Å². The number of nitrogens with two attached hydrogens (primary N) is 1. The van der Waals surface area contributed by atoms with Crippen LogP contribution in [-0.2, 0) is 13.1 Å². The van der Waals surface area contributed by atoms with Crippen molar-refractivity contribution >= 4 is 35.6 Å². The molecule has 0 aliphatic rings. The molecule has 2 rings (SSSR count). The summed E-state index contributed by atoms with van der Waals surface area (Å²) in [5, 5.41) is 2.98. The molecule has 0 aromatic heterocycles. The fourth-order valence-corrected chi connectivity index (χ4v) is 2.44. The van der Waals surface area contributed by atoms with E-state index in [9.17, 15) is 4.39 Å². The molecular weight excluding hydrogens is 462 g/mol. The van der Waals surface area contributed by atoms with Crippen LogP contribution in [0, 0.1) is 5.82 Å². The van der Waals surface area contributed by atoms with Gasteiger partial charge in [0.2, 0.25) is 0 Å². The fraction of sp³-hybridized carbons (Fsp3) is 0.316. The second-order valence-electron chi connectivity index (χ2n) is 6.06. The second kappa shape index (κ2) is 10.9. The molecule has 27 heavy (non-hydrogen) atoms. The zero-order valence-electron chi connectivity index (χ0n) is 16.0. The minimum Gasteiger partial charge on any atom is -0.493 e. The molecule has 0 aliphatic carbocycles. The molecule has 2 aromatic carbocycles. The lowest BCUT2D eigenvalue weighted by Gasteiger charge is -2.12. The quantitative estimate of drug-likeness (QED) is 0.355. The van der Waals surface area contributed by atoms with Gasteiger partial charge >= 0.3 is 0 Å². The van der Waals surface area contributed by atoms with Crippen LogP contribution in [0.15, 0.2) is 41.4 Å². The third-order valence-corrected chi connectivity index (χ3v) is 3.69. The third-order valence-electron chi connectivity index (χ3n) is 3.69. The van der Waals surface area contributed by atoms with Crippen LogP contribution in [0.3, 0.4) is 0 Å². The third kappa shape index (κ3) is 6.87. The van der Waals surface area contributed by atoms with E-state index in [1.807, 2.05) is 25.1 Å². The molecule has 0 bridgehead atoms. The zero-order chi connectivity index (χ0) is 19.1. The molecule has 8 heteroatoms. The number of hydrogen-bond donors (Lipinski definition) is 2. The van der Waals surface area contributed by atoms with Crippen molar-refractivity contribution in [3.05, 3.63) is 53.3 Å². The first kappa shape index (κ1) is 23.0. The molecule has 3 N–H and O–H groups in total. The molecule has 0 radical (unpaired) electrons. The summed E-state index contributed by atoms with van der Waals surface area (Å²) in [5.41, 5.74) is 8.04. The maximum atomic E-state index is 14.1. The first-order valence-electron chi connectivity index (χ1n) is 8.14. The number of methoxy groups -OCH3 is 2. The second-order valence-corrected chi connectivity index (χ2v) is 6.06. The number of nitrogens with one attached hydrogen (secondary N) is 1. The summed E-state index contributed by atoms with van der Waals surface area (Å²) >= 11 is 0. The smallest absolute Gasteiger partial charge is 0.193 e. The van der Waals surface area contributed by atoms with E-state index in [4.69, 9.17) is 15.2 Å². The SMILES string of the molecule is COc1ccc(NC(N)=NCc2ccc(CN(C)C)c(F)c2)cc1OC.I. The lowest BCUT2D eigenvalue weighted by molar-refractivity contribution is 0.355. The standard InChI is InChI=1S/C19H25FN4O2.HI/c1-24(2)12-14-6-5-13(9-16(14)20)11-22-19(21)23-15-7-8-17(25-3)18(10-15)26-4;/h5-10H,11-12H2,1-4H3,(H3,21,22,23);1H. The number of aliphatic imine (C=N–C) groups is 1. The molecule has 0 saturated carbocycles. The predicted octanol–water partition coefficient (Wildman–Crippen LogP) is 3.45. The number of guanidine groups is 1. The van der Waals surface area contributed by atoms with Gasteiger partial charge in [-0.15, -0.1) is 24.0 Å². The van der Waals surface area contributed by atoms with E-state index in [0.29, 0.717) is 23.6 Å². The highest BCUT2D eigenvalue weighted by atomic mass is 127. The van der Waals surface area contributed by atoms with Crippen molar-refractivity contribution in [3.8, 4) is 11.5 Å². The van der Waals surface area contributed by atoms with Gasteiger partial charge in [-0.05, 0) is 37.9 Å². The molecule has 0 saturated heterocycles. The van der Waals surface area contributed by atoms with E-state index in [-0.39, 0.29) is 42.3 Å². The number of anilines is 1. The van der Waals surface area contributed by atoms with Gasteiger partial charge in [-0.25, -0.2) is 9.38 Å². The van der Waals surface area contributed by atoms with E-state index in [1.54, 1.807) is 38.5 Å². The van der Waals surface area contributed by atoms with Crippen LogP contribution in [0.5, 0.6) is 11.5 Å². The summed E-state index contributed by atoms with van der Waals surface area (Å²) in [6, 6.07) is 10.5. The Morgan fingerprint density at radius 1 is 1.11 bits per heavy atom. The van der Waals surface area contributed by atoms with Crippen LogP contribution < -0.4 is 20.5 Å². The molecule has 148 valence electrons. The first-order valence-corrected chi connectivity index (χ1v) is 8.14. The maximum absolute atomic E-state index is 14.1. The molecular formula is C19H26FIN4O2. The van der Waals surface area contributed by atoms with Gasteiger partial charge in [0.1, 0.15) is 5.82 Å². The van der Waals surface area contributed by atoms with Crippen LogP contribution >= 0.6 is 24.0 Å². The molecule has 6 nitrogen and oxygen atoms in total. The minimum absolute atomic E-state index is 0. The normalized spacial score (nSPS) is 11.1. The van der Waals surface area contributed by atoms with E-state index in [0.717, 1.165) is 11.3 Å². The zero-order valence-corrected chi connectivity index (χ0v) is 18.3. The van der Waals surface area contributed by atoms with Gasteiger partial charge in [-0.2, -0.15) is 0 Å². The van der Waals surface area contributed by atoms with Crippen molar-refractivity contribution in [2.45, 2.75) is 13.1 Å². The highest BCUT2D eigenvalue weighted by molar-refractivity contribution is 14.0. The summed E-state index contributed by atoms with van der Waals surface area (Å²) in [6.07, 6.45) is 0. The van der Waals surface area contributed by atoms with Gasteiger partial charge in [0.25, 0.3) is 0 Å². The number of benzene rings is 2. The number of hydrogen-bond acceptors (Lipinski definition) is 4. The molecule has 0 aliphatic heterocycles. The van der Waals surface area contributed by atoms with E-state index >= 15 is 0 Å². The van der Waals surface area contributed by atoms with Crippen molar-refractivity contribution in [3.63, 3.8) is 0 Å². The molecule has 0 spiro atoms. The highest BCUT2D eigenvalue weighted by Gasteiger charge is 2.06. The van der Waals surface area contributed by atoms with Crippen molar-refractivity contribution in [1.29, 1.82) is 0 Å². The van der Waals surface area contributed by atoms with E-state index in [2.05, 4.69) is 10.3 Å². The van der Waals surface area contributed by atoms with Gasteiger partial charge in [-0.3, -0.25) is 0 Å². The average Bonchev–Trinajstić information content (AvgIpc) is 2.61. The Labute approximate surface area is 176 Å². The van der Waals surface area contributed by atoms with Gasteiger partial charge in [-0.1, -0.05) is 12.1 Å². The summed E-state index contributed by atoms with van der Waals surface area (Å²) < 4.78 is 24.5. The lowest BCUT2D eigenvalue weighted by atomic mass is 10.1. The Morgan fingerprint density at radius 2 is 1.81 bits per heavy atom. The Bertz CT molecular complexity index is 784. The van der Waals surface area contributed by atoms with Crippen molar-refractivity contribution in [1.82, 2.24) is 4.90 Å². The Hall–Kier alpha value is -2.07. The number of rotatable bonds is 7. The molecule has 2 aromatic rings.